The molecule has 0 saturated carbocycles. The molecule has 0 aliphatic carbocycles. The number of hydrogen-bond acceptors (Lipinski definition) is 6. The summed E-state index contributed by atoms with van der Waals surface area (Å²) in [6, 6.07) is 13.0. The van der Waals surface area contributed by atoms with Gasteiger partial charge in [0, 0.05) is 73.6 Å². The van der Waals surface area contributed by atoms with Crippen molar-refractivity contribution in [1.29, 1.82) is 5.41 Å². The van der Waals surface area contributed by atoms with Crippen molar-refractivity contribution in [3.63, 3.8) is 0 Å². The number of nitrogens with zero attached hydrogens (tertiary/aromatic N) is 3. The van der Waals surface area contributed by atoms with Gasteiger partial charge < -0.3 is 20.3 Å². The predicted octanol–water partition coefficient (Wildman–Crippen LogP) is 3.08. The van der Waals surface area contributed by atoms with Gasteiger partial charge in [-0.25, -0.2) is 0 Å². The van der Waals surface area contributed by atoms with Crippen LogP contribution in [0.3, 0.4) is 0 Å². The number of nitrogens with one attached hydrogen (secondary N) is 3. The van der Waals surface area contributed by atoms with Gasteiger partial charge >= 0.3 is 0 Å². The molecule has 3 aromatic rings. The van der Waals surface area contributed by atoms with E-state index in [9.17, 15) is 9.59 Å². The Labute approximate surface area is 209 Å². The molecule has 1 atom stereocenters. The minimum Gasteiger partial charge on any atom is -0.383 e. The monoisotopic (exact) mass is 486 g/mol. The molecule has 5 rings (SSSR count). The topological polar surface area (TPSA) is 112 Å². The zero-order valence-corrected chi connectivity index (χ0v) is 20.5. The summed E-state index contributed by atoms with van der Waals surface area (Å²) >= 11 is 0. The molecular weight excluding hydrogens is 456 g/mol. The van der Waals surface area contributed by atoms with Crippen LogP contribution in [0.25, 0.3) is 10.9 Å². The maximum atomic E-state index is 13.0. The average Bonchev–Trinajstić information content (AvgIpc) is 3.53. The van der Waals surface area contributed by atoms with E-state index >= 15 is 0 Å². The van der Waals surface area contributed by atoms with Gasteiger partial charge in [-0.1, -0.05) is 12.1 Å². The van der Waals surface area contributed by atoms with E-state index in [2.05, 4.69) is 15.7 Å². The highest BCUT2D eigenvalue weighted by Gasteiger charge is 2.27. The van der Waals surface area contributed by atoms with Crippen LogP contribution >= 0.6 is 0 Å². The summed E-state index contributed by atoms with van der Waals surface area (Å²) in [5.41, 5.74) is 4.83. The number of anilines is 1. The zero-order chi connectivity index (χ0) is 25.2. The van der Waals surface area contributed by atoms with Gasteiger partial charge in [0.25, 0.3) is 5.91 Å². The molecule has 2 amide bonds. The Kier molecular flexibility index (Phi) is 6.56. The smallest absolute Gasteiger partial charge is 0.255 e. The summed E-state index contributed by atoms with van der Waals surface area (Å²) in [5, 5.41) is 20.7. The van der Waals surface area contributed by atoms with Crippen LogP contribution in [-0.2, 0) is 16.6 Å². The van der Waals surface area contributed by atoms with Crippen LogP contribution in [0.15, 0.2) is 59.9 Å². The fourth-order valence-electron chi connectivity index (χ4n) is 4.75. The van der Waals surface area contributed by atoms with Gasteiger partial charge in [-0.2, -0.15) is 5.10 Å². The van der Waals surface area contributed by atoms with Crippen LogP contribution in [0.5, 0.6) is 0 Å². The standard InChI is InChI=1S/C27H30N6O3/c1-17(34)33-10-8-24(30-22-9-11-36-16-22)23(15-33)26(28)18-4-3-5-19(12-18)27(35)31-21-6-7-25-20(13-21)14-29-32(25)2/h3-7,12-14,22,28,30H,8-11,15-16H2,1-2H3,(H,31,35). The van der Waals surface area contributed by atoms with E-state index < -0.39 is 0 Å². The first kappa shape index (κ1) is 23.7. The van der Waals surface area contributed by atoms with Crippen molar-refractivity contribution in [2.75, 3.05) is 31.6 Å². The predicted molar refractivity (Wildman–Crippen MR) is 138 cm³/mol. The van der Waals surface area contributed by atoms with E-state index in [1.807, 2.05) is 31.3 Å². The second-order valence-electron chi connectivity index (χ2n) is 9.30. The lowest BCUT2D eigenvalue weighted by Crippen LogP contribution is -2.42. The van der Waals surface area contributed by atoms with Gasteiger partial charge in [-0.3, -0.25) is 19.7 Å². The number of hydrogen-bond donors (Lipinski definition) is 3. The van der Waals surface area contributed by atoms with Crippen LogP contribution in [0, 0.1) is 5.41 Å². The second-order valence-corrected chi connectivity index (χ2v) is 9.30. The molecule has 36 heavy (non-hydrogen) atoms. The Morgan fingerprint density at radius 1 is 1.17 bits per heavy atom. The van der Waals surface area contributed by atoms with Crippen LogP contribution in [-0.4, -0.2) is 64.6 Å². The molecule has 0 spiro atoms. The summed E-state index contributed by atoms with van der Waals surface area (Å²) in [6.07, 6.45) is 3.34. The Balaban J connectivity index is 1.38. The van der Waals surface area contributed by atoms with Crippen molar-refractivity contribution < 1.29 is 14.3 Å². The number of amides is 2. The highest BCUT2D eigenvalue weighted by Crippen LogP contribution is 2.23. The van der Waals surface area contributed by atoms with E-state index in [4.69, 9.17) is 10.1 Å². The molecule has 3 heterocycles. The molecular formula is C27H30N6O3. The quantitative estimate of drug-likeness (QED) is 0.464. The highest BCUT2D eigenvalue weighted by atomic mass is 16.5. The zero-order valence-electron chi connectivity index (χ0n) is 20.5. The van der Waals surface area contributed by atoms with Gasteiger partial charge in [0.15, 0.2) is 0 Å². The van der Waals surface area contributed by atoms with E-state index in [0.717, 1.165) is 35.2 Å². The third-order valence-electron chi connectivity index (χ3n) is 6.82. The van der Waals surface area contributed by atoms with Gasteiger partial charge in [0.1, 0.15) is 0 Å². The number of ether oxygens (including phenoxy) is 1. The molecule has 0 radical (unpaired) electrons. The van der Waals surface area contributed by atoms with Crippen LogP contribution in [0.2, 0.25) is 0 Å². The molecule has 1 aromatic heterocycles. The highest BCUT2D eigenvalue weighted by molar-refractivity contribution is 6.13. The van der Waals surface area contributed by atoms with Gasteiger partial charge in [-0.05, 0) is 36.8 Å². The molecule has 2 aliphatic rings. The largest absolute Gasteiger partial charge is 0.383 e. The van der Waals surface area contributed by atoms with Crippen molar-refractivity contribution in [2.24, 2.45) is 7.05 Å². The summed E-state index contributed by atoms with van der Waals surface area (Å²) in [7, 11) is 1.88. The van der Waals surface area contributed by atoms with Crippen LogP contribution in [0.1, 0.15) is 35.7 Å². The third-order valence-corrected chi connectivity index (χ3v) is 6.82. The van der Waals surface area contributed by atoms with Crippen molar-refractivity contribution in [2.45, 2.75) is 25.8 Å². The second kappa shape index (κ2) is 9.94. The average molecular weight is 487 g/mol. The lowest BCUT2D eigenvalue weighted by atomic mass is 9.94. The summed E-state index contributed by atoms with van der Waals surface area (Å²) in [5.74, 6) is -0.264. The van der Waals surface area contributed by atoms with Gasteiger partial charge in [0.05, 0.1) is 30.1 Å². The number of fused-ring (bicyclic) bond motifs is 1. The fourth-order valence-corrected chi connectivity index (χ4v) is 4.75. The lowest BCUT2D eigenvalue weighted by Gasteiger charge is -2.32. The van der Waals surface area contributed by atoms with Gasteiger partial charge in [-0.15, -0.1) is 0 Å². The molecule has 9 heteroatoms. The summed E-state index contributed by atoms with van der Waals surface area (Å²) in [6.45, 7) is 3.90. The molecule has 1 unspecified atom stereocenters. The lowest BCUT2D eigenvalue weighted by molar-refractivity contribution is -0.128. The SMILES string of the molecule is CC(=O)N1CCC(NC2CCOC2)=C(C(=N)c2cccc(C(=O)Nc3ccc4c(cnn4C)c3)c2)C1. The van der Waals surface area contributed by atoms with Crippen molar-refractivity contribution in [3.05, 3.63) is 71.1 Å². The molecule has 0 bridgehead atoms. The fraction of sp³-hybridized carbons (Fsp3) is 0.333. The van der Waals surface area contributed by atoms with E-state index in [1.165, 1.54) is 0 Å². The van der Waals surface area contributed by atoms with Crippen LogP contribution in [0.4, 0.5) is 5.69 Å². The summed E-state index contributed by atoms with van der Waals surface area (Å²) in [4.78, 5) is 26.9. The first-order valence-corrected chi connectivity index (χ1v) is 12.1. The maximum Gasteiger partial charge on any atom is 0.255 e. The Morgan fingerprint density at radius 2 is 2.00 bits per heavy atom. The van der Waals surface area contributed by atoms with Gasteiger partial charge in [0.2, 0.25) is 5.91 Å². The minimum absolute atomic E-state index is 0.0118. The molecule has 1 saturated heterocycles. The normalized spacial score (nSPS) is 17.9. The first-order chi connectivity index (χ1) is 17.4. The van der Waals surface area contributed by atoms with Crippen molar-refractivity contribution >= 4 is 34.1 Å². The number of carbonyl (C=O) groups excluding carboxylic acids is 2. The number of aryl methyl sites for hydroxylation is 1. The van der Waals surface area contributed by atoms with Crippen LogP contribution < -0.4 is 10.6 Å². The molecule has 2 aromatic carbocycles. The molecule has 3 N–H and O–H groups in total. The van der Waals surface area contributed by atoms with Crippen molar-refractivity contribution in [3.8, 4) is 0 Å². The summed E-state index contributed by atoms with van der Waals surface area (Å²) < 4.78 is 7.29. The number of carbonyl (C=O) groups is 2. The number of rotatable bonds is 6. The van der Waals surface area contributed by atoms with E-state index in [1.54, 1.807) is 40.9 Å². The van der Waals surface area contributed by atoms with Crippen molar-refractivity contribution in [1.82, 2.24) is 20.0 Å². The third kappa shape index (κ3) is 4.87. The minimum atomic E-state index is -0.252. The van der Waals surface area contributed by atoms with E-state index in [-0.39, 0.29) is 17.9 Å². The number of benzene rings is 2. The maximum absolute atomic E-state index is 13.0. The molecule has 1 fully saturated rings. The van der Waals surface area contributed by atoms with E-state index in [0.29, 0.717) is 48.6 Å². The molecule has 186 valence electrons. The molecule has 9 nitrogen and oxygen atoms in total. The Bertz CT molecular complexity index is 1370. The first-order valence-electron chi connectivity index (χ1n) is 12.1. The Morgan fingerprint density at radius 3 is 2.78 bits per heavy atom. The molecule has 2 aliphatic heterocycles. The Hall–Kier alpha value is -3.98. The number of aromatic nitrogens is 2.